The highest BCUT2D eigenvalue weighted by Gasteiger charge is 2.09. The van der Waals surface area contributed by atoms with Gasteiger partial charge in [0.15, 0.2) is 5.82 Å². The number of rotatable bonds is 1. The lowest BCUT2D eigenvalue weighted by Crippen LogP contribution is -2.00. The summed E-state index contributed by atoms with van der Waals surface area (Å²) >= 11 is 3.02. The summed E-state index contributed by atoms with van der Waals surface area (Å²) in [6, 6.07) is 3.39. The maximum absolute atomic E-state index is 13.5. The first-order valence-electron chi connectivity index (χ1n) is 4.01. The minimum absolute atomic E-state index is 0.197. The van der Waals surface area contributed by atoms with E-state index in [0.29, 0.717) is 5.69 Å². The molecule has 14 heavy (non-hydrogen) atoms. The van der Waals surface area contributed by atoms with E-state index in [1.54, 1.807) is 12.3 Å². The van der Waals surface area contributed by atoms with Gasteiger partial charge in [0.2, 0.25) is 0 Å². The number of aromatic nitrogens is 3. The van der Waals surface area contributed by atoms with Crippen LogP contribution in [-0.4, -0.2) is 14.8 Å². The maximum Gasteiger partial charge on any atom is 0.181 e. The van der Waals surface area contributed by atoms with Crippen molar-refractivity contribution in [2.45, 2.75) is 6.92 Å². The van der Waals surface area contributed by atoms with E-state index in [2.05, 4.69) is 26.0 Å². The van der Waals surface area contributed by atoms with Crippen LogP contribution in [-0.2, 0) is 0 Å². The molecule has 3 nitrogen and oxygen atoms in total. The molecule has 0 amide bonds. The Morgan fingerprint density at radius 2 is 2.21 bits per heavy atom. The second kappa shape index (κ2) is 3.49. The van der Waals surface area contributed by atoms with Crippen molar-refractivity contribution in [1.29, 1.82) is 0 Å². The highest BCUT2D eigenvalue weighted by Crippen LogP contribution is 2.18. The van der Waals surface area contributed by atoms with E-state index in [1.807, 2.05) is 13.0 Å². The molecule has 2 aromatic rings. The van der Waals surface area contributed by atoms with Crippen LogP contribution in [0.15, 0.2) is 29.1 Å². The highest BCUT2D eigenvalue weighted by atomic mass is 79.9. The normalized spacial score (nSPS) is 10.5. The Kier molecular flexibility index (Phi) is 2.33. The number of aryl methyl sites for hydroxylation is 1. The topological polar surface area (TPSA) is 30.7 Å². The van der Waals surface area contributed by atoms with Crippen LogP contribution in [0.2, 0.25) is 0 Å². The van der Waals surface area contributed by atoms with Crippen LogP contribution in [0.1, 0.15) is 5.69 Å². The zero-order valence-electron chi connectivity index (χ0n) is 7.41. The van der Waals surface area contributed by atoms with Gasteiger partial charge in [0.05, 0.1) is 5.69 Å². The first-order valence-corrected chi connectivity index (χ1v) is 4.80. The summed E-state index contributed by atoms with van der Waals surface area (Å²) in [5.41, 5.74) is 1.23. The quantitative estimate of drug-likeness (QED) is 0.734. The lowest BCUT2D eigenvalue weighted by atomic mass is 10.4. The minimum atomic E-state index is -0.407. The van der Waals surface area contributed by atoms with Crippen LogP contribution in [0.4, 0.5) is 4.39 Å². The van der Waals surface area contributed by atoms with Crippen molar-refractivity contribution in [3.05, 3.63) is 40.6 Å². The summed E-state index contributed by atoms with van der Waals surface area (Å²) in [5.74, 6) is -0.407. The predicted molar refractivity (Wildman–Crippen MR) is 53.8 cm³/mol. The molecule has 72 valence electrons. The molecule has 5 heteroatoms. The summed E-state index contributed by atoms with van der Waals surface area (Å²) < 4.78 is 15.2. The fourth-order valence-electron chi connectivity index (χ4n) is 1.14. The number of pyridine rings is 1. The molecule has 0 aromatic carbocycles. The second-order valence-corrected chi connectivity index (χ2v) is 3.59. The molecule has 0 saturated carbocycles. The molecule has 2 aromatic heterocycles. The molecule has 0 spiro atoms. The van der Waals surface area contributed by atoms with Gasteiger partial charge >= 0.3 is 0 Å². The van der Waals surface area contributed by atoms with E-state index in [-0.39, 0.29) is 4.60 Å². The molecule has 0 saturated heterocycles. The molecule has 0 aliphatic heterocycles. The number of halogens is 2. The van der Waals surface area contributed by atoms with Crippen molar-refractivity contribution in [2.75, 3.05) is 0 Å². The van der Waals surface area contributed by atoms with Crippen molar-refractivity contribution < 1.29 is 4.39 Å². The van der Waals surface area contributed by atoms with Gasteiger partial charge in [-0.3, -0.25) is 0 Å². The molecule has 2 rings (SSSR count). The molecule has 0 unspecified atom stereocenters. The Hall–Kier alpha value is -1.23. The minimum Gasteiger partial charge on any atom is -0.246 e. The number of hydrogen-bond donors (Lipinski definition) is 0. The van der Waals surface area contributed by atoms with Crippen LogP contribution >= 0.6 is 15.9 Å². The fraction of sp³-hybridized carbons (Fsp3) is 0.111. The summed E-state index contributed by atoms with van der Waals surface area (Å²) in [5, 5.41) is 4.11. The second-order valence-electron chi connectivity index (χ2n) is 2.84. The molecule has 0 N–H and O–H groups in total. The Morgan fingerprint density at radius 3 is 2.86 bits per heavy atom. The van der Waals surface area contributed by atoms with Gasteiger partial charge in [-0.2, -0.15) is 5.10 Å². The third kappa shape index (κ3) is 1.55. The van der Waals surface area contributed by atoms with Gasteiger partial charge in [-0.1, -0.05) is 0 Å². The van der Waals surface area contributed by atoms with Crippen LogP contribution in [0.5, 0.6) is 0 Å². The Morgan fingerprint density at radius 1 is 1.43 bits per heavy atom. The summed E-state index contributed by atoms with van der Waals surface area (Å²) in [7, 11) is 0. The molecule has 0 atom stereocenters. The van der Waals surface area contributed by atoms with Gasteiger partial charge in [-0.25, -0.2) is 14.1 Å². The SMILES string of the molecule is Cc1ccn(-c2ccnc(Br)c2F)n1. The van der Waals surface area contributed by atoms with E-state index in [4.69, 9.17) is 0 Å². The van der Waals surface area contributed by atoms with Gasteiger partial charge in [-0.05, 0) is 35.0 Å². The molecule has 0 aliphatic rings. The molecule has 0 aliphatic carbocycles. The van der Waals surface area contributed by atoms with Crippen LogP contribution in [0, 0.1) is 12.7 Å². The fourth-order valence-corrected chi connectivity index (χ4v) is 1.46. The van der Waals surface area contributed by atoms with Crippen molar-refractivity contribution in [1.82, 2.24) is 14.8 Å². The molecule has 0 fully saturated rings. The Balaban J connectivity index is 2.57. The standard InChI is InChI=1S/C9H7BrFN3/c1-6-3-5-14(13-6)7-2-4-12-9(10)8(7)11/h2-5H,1H3. The lowest BCUT2D eigenvalue weighted by molar-refractivity contribution is 0.596. The Labute approximate surface area is 88.7 Å². The summed E-state index contributed by atoms with van der Waals surface area (Å²) in [4.78, 5) is 3.77. The molecular formula is C9H7BrFN3. The van der Waals surface area contributed by atoms with Crippen LogP contribution < -0.4 is 0 Å². The highest BCUT2D eigenvalue weighted by molar-refractivity contribution is 9.10. The van der Waals surface area contributed by atoms with Crippen molar-refractivity contribution in [3.63, 3.8) is 0 Å². The van der Waals surface area contributed by atoms with Gasteiger partial charge in [-0.15, -0.1) is 0 Å². The monoisotopic (exact) mass is 255 g/mol. The van der Waals surface area contributed by atoms with Crippen molar-refractivity contribution in [3.8, 4) is 5.69 Å². The van der Waals surface area contributed by atoms with Crippen LogP contribution in [0.3, 0.4) is 0 Å². The van der Waals surface area contributed by atoms with Crippen molar-refractivity contribution >= 4 is 15.9 Å². The zero-order valence-corrected chi connectivity index (χ0v) is 8.99. The van der Waals surface area contributed by atoms with Gasteiger partial charge in [0.25, 0.3) is 0 Å². The zero-order chi connectivity index (χ0) is 10.1. The van der Waals surface area contributed by atoms with E-state index < -0.39 is 5.82 Å². The molecule has 2 heterocycles. The smallest absolute Gasteiger partial charge is 0.181 e. The van der Waals surface area contributed by atoms with E-state index in [1.165, 1.54) is 10.9 Å². The third-order valence-electron chi connectivity index (χ3n) is 1.80. The third-order valence-corrected chi connectivity index (χ3v) is 2.35. The van der Waals surface area contributed by atoms with Gasteiger partial charge in [0.1, 0.15) is 10.3 Å². The average molecular weight is 256 g/mol. The molecular weight excluding hydrogens is 249 g/mol. The largest absolute Gasteiger partial charge is 0.246 e. The summed E-state index contributed by atoms with van der Waals surface area (Å²) in [6.45, 7) is 1.85. The predicted octanol–water partition coefficient (Wildman–Crippen LogP) is 2.48. The molecule has 0 radical (unpaired) electrons. The van der Waals surface area contributed by atoms with Crippen molar-refractivity contribution in [2.24, 2.45) is 0 Å². The molecule has 0 bridgehead atoms. The van der Waals surface area contributed by atoms with E-state index in [0.717, 1.165) is 5.69 Å². The van der Waals surface area contributed by atoms with Gasteiger partial charge < -0.3 is 0 Å². The average Bonchev–Trinajstić information content (AvgIpc) is 2.57. The number of hydrogen-bond acceptors (Lipinski definition) is 2. The lowest BCUT2D eigenvalue weighted by Gasteiger charge is -2.02. The van der Waals surface area contributed by atoms with E-state index >= 15 is 0 Å². The maximum atomic E-state index is 13.5. The first-order chi connectivity index (χ1) is 6.68. The number of nitrogens with zero attached hydrogens (tertiary/aromatic N) is 3. The van der Waals surface area contributed by atoms with Crippen LogP contribution in [0.25, 0.3) is 5.69 Å². The Bertz CT molecular complexity index is 467. The van der Waals surface area contributed by atoms with Gasteiger partial charge in [0, 0.05) is 12.4 Å². The summed E-state index contributed by atoms with van der Waals surface area (Å²) in [6.07, 6.45) is 3.24. The first kappa shape index (κ1) is 9.33. The van der Waals surface area contributed by atoms with E-state index in [9.17, 15) is 4.39 Å².